The minimum absolute atomic E-state index is 0.174. The average molecular weight is 261 g/mol. The summed E-state index contributed by atoms with van der Waals surface area (Å²) in [6, 6.07) is 7.46. The summed E-state index contributed by atoms with van der Waals surface area (Å²) in [6.07, 6.45) is 3.06. The SMILES string of the molecule is CCC(C)n1ccc(CNc2ccc(F)c(C)c2)n1. The highest BCUT2D eigenvalue weighted by Gasteiger charge is 2.05. The quantitative estimate of drug-likeness (QED) is 0.884. The fraction of sp³-hybridized carbons (Fsp3) is 0.400. The van der Waals surface area contributed by atoms with Crippen molar-refractivity contribution in [3.05, 3.63) is 47.5 Å². The van der Waals surface area contributed by atoms with Crippen LogP contribution in [0.4, 0.5) is 10.1 Å². The molecular formula is C15H20FN3. The Morgan fingerprint density at radius 1 is 1.37 bits per heavy atom. The molecule has 2 aromatic rings. The number of nitrogens with one attached hydrogen (secondary N) is 1. The highest BCUT2D eigenvalue weighted by Crippen LogP contribution is 2.15. The van der Waals surface area contributed by atoms with Crippen LogP contribution in [0.3, 0.4) is 0 Å². The van der Waals surface area contributed by atoms with E-state index >= 15 is 0 Å². The summed E-state index contributed by atoms with van der Waals surface area (Å²) in [5.74, 6) is -0.174. The summed E-state index contributed by atoms with van der Waals surface area (Å²) in [6.45, 7) is 6.70. The van der Waals surface area contributed by atoms with Crippen molar-refractivity contribution < 1.29 is 4.39 Å². The second-order valence-corrected chi connectivity index (χ2v) is 4.86. The second kappa shape index (κ2) is 5.87. The Morgan fingerprint density at radius 2 is 2.16 bits per heavy atom. The monoisotopic (exact) mass is 261 g/mol. The van der Waals surface area contributed by atoms with E-state index in [0.29, 0.717) is 18.2 Å². The summed E-state index contributed by atoms with van der Waals surface area (Å²) in [7, 11) is 0. The molecule has 1 atom stereocenters. The summed E-state index contributed by atoms with van der Waals surface area (Å²) in [5, 5.41) is 7.77. The van der Waals surface area contributed by atoms with Crippen molar-refractivity contribution in [1.82, 2.24) is 9.78 Å². The molecular weight excluding hydrogens is 241 g/mol. The maximum Gasteiger partial charge on any atom is 0.126 e. The van der Waals surface area contributed by atoms with Crippen molar-refractivity contribution in [3.8, 4) is 0 Å². The molecule has 1 unspecified atom stereocenters. The lowest BCUT2D eigenvalue weighted by Gasteiger charge is -2.09. The number of nitrogens with zero attached hydrogens (tertiary/aromatic N) is 2. The van der Waals surface area contributed by atoms with Gasteiger partial charge in [0.05, 0.1) is 12.2 Å². The molecule has 19 heavy (non-hydrogen) atoms. The molecule has 1 heterocycles. The van der Waals surface area contributed by atoms with E-state index in [1.165, 1.54) is 6.07 Å². The van der Waals surface area contributed by atoms with E-state index in [-0.39, 0.29) is 5.82 Å². The maximum absolute atomic E-state index is 13.1. The molecule has 0 fully saturated rings. The molecule has 0 aliphatic rings. The Balaban J connectivity index is 1.98. The zero-order valence-electron chi connectivity index (χ0n) is 11.7. The number of hydrogen-bond donors (Lipinski definition) is 1. The molecule has 102 valence electrons. The summed E-state index contributed by atoms with van der Waals surface area (Å²) >= 11 is 0. The van der Waals surface area contributed by atoms with Gasteiger partial charge in [0.1, 0.15) is 5.82 Å². The first kappa shape index (κ1) is 13.6. The van der Waals surface area contributed by atoms with Gasteiger partial charge in [-0.1, -0.05) is 6.92 Å². The number of aromatic nitrogens is 2. The van der Waals surface area contributed by atoms with E-state index < -0.39 is 0 Å². The third-order valence-electron chi connectivity index (χ3n) is 3.34. The lowest BCUT2D eigenvalue weighted by Crippen LogP contribution is -2.06. The molecule has 0 saturated heterocycles. The van der Waals surface area contributed by atoms with E-state index in [2.05, 4.69) is 24.3 Å². The molecule has 0 spiro atoms. The average Bonchev–Trinajstić information content (AvgIpc) is 2.88. The molecule has 2 rings (SSSR count). The molecule has 0 saturated carbocycles. The van der Waals surface area contributed by atoms with Crippen molar-refractivity contribution >= 4 is 5.69 Å². The minimum Gasteiger partial charge on any atom is -0.379 e. The van der Waals surface area contributed by atoms with Crippen LogP contribution in [0, 0.1) is 12.7 Å². The number of rotatable bonds is 5. The van der Waals surface area contributed by atoms with Gasteiger partial charge in [-0.3, -0.25) is 4.68 Å². The number of halogens is 1. The van der Waals surface area contributed by atoms with Crippen LogP contribution in [-0.4, -0.2) is 9.78 Å². The molecule has 1 aromatic carbocycles. The van der Waals surface area contributed by atoms with E-state index in [4.69, 9.17) is 0 Å². The van der Waals surface area contributed by atoms with Crippen molar-refractivity contribution in [2.24, 2.45) is 0 Å². The van der Waals surface area contributed by atoms with Gasteiger partial charge in [0.2, 0.25) is 0 Å². The molecule has 0 amide bonds. The lowest BCUT2D eigenvalue weighted by atomic mass is 10.2. The van der Waals surface area contributed by atoms with Gasteiger partial charge < -0.3 is 5.32 Å². The van der Waals surface area contributed by atoms with Crippen LogP contribution in [0.5, 0.6) is 0 Å². The van der Waals surface area contributed by atoms with Crippen LogP contribution in [0.2, 0.25) is 0 Å². The largest absolute Gasteiger partial charge is 0.379 e. The van der Waals surface area contributed by atoms with E-state index in [9.17, 15) is 4.39 Å². The normalized spacial score (nSPS) is 12.4. The predicted molar refractivity (Wildman–Crippen MR) is 75.7 cm³/mol. The maximum atomic E-state index is 13.1. The first-order valence-electron chi connectivity index (χ1n) is 6.64. The number of aryl methyl sites for hydroxylation is 1. The smallest absolute Gasteiger partial charge is 0.126 e. The van der Waals surface area contributed by atoms with Crippen molar-refractivity contribution in [2.45, 2.75) is 39.8 Å². The van der Waals surface area contributed by atoms with Crippen LogP contribution in [0.1, 0.15) is 37.6 Å². The van der Waals surface area contributed by atoms with Gasteiger partial charge in [-0.2, -0.15) is 5.10 Å². The van der Waals surface area contributed by atoms with Crippen molar-refractivity contribution in [1.29, 1.82) is 0 Å². The van der Waals surface area contributed by atoms with Crippen molar-refractivity contribution in [2.75, 3.05) is 5.32 Å². The fourth-order valence-corrected chi connectivity index (χ4v) is 1.85. The van der Waals surface area contributed by atoms with Crippen LogP contribution in [0.25, 0.3) is 0 Å². The molecule has 1 aromatic heterocycles. The highest BCUT2D eigenvalue weighted by molar-refractivity contribution is 5.46. The second-order valence-electron chi connectivity index (χ2n) is 4.86. The van der Waals surface area contributed by atoms with Crippen molar-refractivity contribution in [3.63, 3.8) is 0 Å². The van der Waals surface area contributed by atoms with Gasteiger partial charge in [0.25, 0.3) is 0 Å². The Hall–Kier alpha value is -1.84. The number of hydrogen-bond acceptors (Lipinski definition) is 2. The Labute approximate surface area is 113 Å². The van der Waals surface area contributed by atoms with Crippen LogP contribution >= 0.6 is 0 Å². The Kier molecular flexibility index (Phi) is 4.20. The summed E-state index contributed by atoms with van der Waals surface area (Å²) < 4.78 is 15.1. The van der Waals surface area contributed by atoms with Crippen LogP contribution < -0.4 is 5.32 Å². The molecule has 1 N–H and O–H groups in total. The zero-order chi connectivity index (χ0) is 13.8. The molecule has 3 nitrogen and oxygen atoms in total. The summed E-state index contributed by atoms with van der Waals surface area (Å²) in [5.41, 5.74) is 2.55. The molecule has 0 aliphatic heterocycles. The van der Waals surface area contributed by atoms with Gasteiger partial charge >= 0.3 is 0 Å². The first-order chi connectivity index (χ1) is 9.10. The van der Waals surface area contributed by atoms with Gasteiger partial charge in [-0.25, -0.2) is 4.39 Å². The zero-order valence-corrected chi connectivity index (χ0v) is 11.7. The molecule has 4 heteroatoms. The fourth-order valence-electron chi connectivity index (χ4n) is 1.85. The topological polar surface area (TPSA) is 29.9 Å². The molecule has 0 radical (unpaired) electrons. The first-order valence-corrected chi connectivity index (χ1v) is 6.64. The van der Waals surface area contributed by atoms with E-state index in [1.807, 2.05) is 16.9 Å². The van der Waals surface area contributed by atoms with Gasteiger partial charge in [0, 0.05) is 17.9 Å². The number of anilines is 1. The number of benzene rings is 1. The molecule has 0 bridgehead atoms. The van der Waals surface area contributed by atoms with Crippen LogP contribution in [-0.2, 0) is 6.54 Å². The van der Waals surface area contributed by atoms with Gasteiger partial charge in [-0.15, -0.1) is 0 Å². The summed E-state index contributed by atoms with van der Waals surface area (Å²) in [4.78, 5) is 0. The lowest BCUT2D eigenvalue weighted by molar-refractivity contribution is 0.474. The van der Waals surface area contributed by atoms with E-state index in [0.717, 1.165) is 17.8 Å². The van der Waals surface area contributed by atoms with Crippen LogP contribution in [0.15, 0.2) is 30.5 Å². The molecule has 0 aliphatic carbocycles. The minimum atomic E-state index is -0.174. The van der Waals surface area contributed by atoms with E-state index in [1.54, 1.807) is 19.1 Å². The predicted octanol–water partition coefficient (Wildman–Crippen LogP) is 3.91. The van der Waals surface area contributed by atoms with Gasteiger partial charge in [0.15, 0.2) is 0 Å². The third-order valence-corrected chi connectivity index (χ3v) is 3.34. The standard InChI is InChI=1S/C15H20FN3/c1-4-12(3)19-8-7-14(18-19)10-17-13-5-6-15(16)11(2)9-13/h5-9,12,17H,4,10H2,1-3H3. The highest BCUT2D eigenvalue weighted by atomic mass is 19.1. The third kappa shape index (κ3) is 3.34. The Morgan fingerprint density at radius 3 is 2.84 bits per heavy atom. The Bertz CT molecular complexity index is 548. The van der Waals surface area contributed by atoms with Gasteiger partial charge in [-0.05, 0) is 50.1 Å².